The second-order valence-corrected chi connectivity index (χ2v) is 11.0. The predicted molar refractivity (Wildman–Crippen MR) is 144 cm³/mol. The minimum atomic E-state index is -3.98. The SMILES string of the molecule is Cc1ccc(S(=O)(=O)N(CC(=O)N/N=C\c2ccc(OCC(C)C)cc2)c2ccc(C)c(C)c2)cc1. The van der Waals surface area contributed by atoms with Crippen LogP contribution < -0.4 is 14.5 Å². The maximum atomic E-state index is 13.5. The van der Waals surface area contributed by atoms with Crippen molar-refractivity contribution in [3.63, 3.8) is 0 Å². The molecule has 7 nitrogen and oxygen atoms in total. The summed E-state index contributed by atoms with van der Waals surface area (Å²) in [5.41, 5.74) is 6.52. The molecular weight excluding hydrogens is 474 g/mol. The molecule has 0 aromatic heterocycles. The molecule has 0 radical (unpaired) electrons. The highest BCUT2D eigenvalue weighted by Gasteiger charge is 2.27. The molecule has 0 aliphatic carbocycles. The molecule has 36 heavy (non-hydrogen) atoms. The number of nitrogens with zero attached hydrogens (tertiary/aromatic N) is 2. The number of sulfonamides is 1. The van der Waals surface area contributed by atoms with Crippen LogP contribution in [0.25, 0.3) is 0 Å². The van der Waals surface area contributed by atoms with E-state index in [9.17, 15) is 13.2 Å². The summed E-state index contributed by atoms with van der Waals surface area (Å²) in [5, 5.41) is 4.00. The second kappa shape index (κ2) is 11.9. The van der Waals surface area contributed by atoms with Crippen molar-refractivity contribution < 1.29 is 17.9 Å². The van der Waals surface area contributed by atoms with Gasteiger partial charge in [-0.15, -0.1) is 0 Å². The van der Waals surface area contributed by atoms with Crippen LogP contribution in [0.5, 0.6) is 5.75 Å². The molecule has 0 aliphatic heterocycles. The normalized spacial score (nSPS) is 11.6. The molecule has 190 valence electrons. The summed E-state index contributed by atoms with van der Waals surface area (Å²) in [4.78, 5) is 12.9. The van der Waals surface area contributed by atoms with Gasteiger partial charge in [0, 0.05) is 0 Å². The van der Waals surface area contributed by atoms with E-state index in [1.54, 1.807) is 36.4 Å². The molecule has 0 bridgehead atoms. The predicted octanol–water partition coefficient (Wildman–Crippen LogP) is 4.99. The lowest BCUT2D eigenvalue weighted by Crippen LogP contribution is -2.39. The van der Waals surface area contributed by atoms with Crippen LogP contribution in [0.1, 0.15) is 36.1 Å². The fourth-order valence-corrected chi connectivity index (χ4v) is 4.70. The van der Waals surface area contributed by atoms with Gasteiger partial charge in [0.15, 0.2) is 0 Å². The minimum Gasteiger partial charge on any atom is -0.493 e. The van der Waals surface area contributed by atoms with Gasteiger partial charge in [0.05, 0.1) is 23.4 Å². The van der Waals surface area contributed by atoms with E-state index < -0.39 is 22.5 Å². The van der Waals surface area contributed by atoms with Crippen LogP contribution in [0, 0.1) is 26.7 Å². The number of ether oxygens (including phenoxy) is 1. The number of hydrogen-bond donors (Lipinski definition) is 1. The van der Waals surface area contributed by atoms with Crippen molar-refractivity contribution in [2.24, 2.45) is 11.0 Å². The Labute approximate surface area is 213 Å². The molecule has 0 saturated carbocycles. The lowest BCUT2D eigenvalue weighted by atomic mass is 10.1. The summed E-state index contributed by atoms with van der Waals surface area (Å²) in [6.07, 6.45) is 1.50. The van der Waals surface area contributed by atoms with Gasteiger partial charge in [0.1, 0.15) is 12.3 Å². The van der Waals surface area contributed by atoms with Crippen molar-refractivity contribution in [3.05, 3.63) is 89.0 Å². The smallest absolute Gasteiger partial charge is 0.264 e. The van der Waals surface area contributed by atoms with E-state index in [1.807, 2.05) is 51.1 Å². The second-order valence-electron chi connectivity index (χ2n) is 9.16. The third-order valence-electron chi connectivity index (χ3n) is 5.54. The molecule has 3 aromatic rings. The summed E-state index contributed by atoms with van der Waals surface area (Å²) >= 11 is 0. The Morgan fingerprint density at radius 3 is 2.25 bits per heavy atom. The lowest BCUT2D eigenvalue weighted by Gasteiger charge is -2.24. The first kappa shape index (κ1) is 26.9. The van der Waals surface area contributed by atoms with Crippen LogP contribution in [0.4, 0.5) is 5.69 Å². The summed E-state index contributed by atoms with van der Waals surface area (Å²) in [6.45, 7) is 10.1. The Bertz CT molecular complexity index is 1320. The van der Waals surface area contributed by atoms with E-state index in [-0.39, 0.29) is 4.90 Å². The first-order chi connectivity index (χ1) is 17.1. The third-order valence-corrected chi connectivity index (χ3v) is 7.33. The molecule has 3 aromatic carbocycles. The van der Waals surface area contributed by atoms with E-state index in [2.05, 4.69) is 24.4 Å². The van der Waals surface area contributed by atoms with Crippen LogP contribution in [0.3, 0.4) is 0 Å². The highest BCUT2D eigenvalue weighted by Crippen LogP contribution is 2.26. The standard InChI is InChI=1S/C28H33N3O4S/c1-20(2)19-35-26-12-9-24(10-13-26)17-29-30-28(32)18-31(25-11-8-22(4)23(5)16-25)36(33,34)27-14-6-21(3)7-15-27/h6-17,20H,18-19H2,1-5H3,(H,30,32)/b29-17-. The fraction of sp³-hybridized carbons (Fsp3) is 0.286. The van der Waals surface area contributed by atoms with Crippen molar-refractivity contribution in [2.75, 3.05) is 17.5 Å². The Morgan fingerprint density at radius 1 is 0.972 bits per heavy atom. The Kier molecular flexibility index (Phi) is 8.88. The Hall–Kier alpha value is -3.65. The first-order valence-corrected chi connectivity index (χ1v) is 13.2. The van der Waals surface area contributed by atoms with Gasteiger partial charge in [-0.1, -0.05) is 37.6 Å². The highest BCUT2D eigenvalue weighted by atomic mass is 32.2. The summed E-state index contributed by atoms with van der Waals surface area (Å²) in [7, 11) is -3.98. The Morgan fingerprint density at radius 2 is 1.64 bits per heavy atom. The largest absolute Gasteiger partial charge is 0.493 e. The summed E-state index contributed by atoms with van der Waals surface area (Å²) < 4.78 is 33.8. The van der Waals surface area contributed by atoms with Crippen LogP contribution in [-0.2, 0) is 14.8 Å². The molecule has 0 spiro atoms. The average molecular weight is 508 g/mol. The van der Waals surface area contributed by atoms with Crippen molar-refractivity contribution in [1.82, 2.24) is 5.43 Å². The van der Waals surface area contributed by atoms with Gasteiger partial charge in [-0.3, -0.25) is 9.10 Å². The van der Waals surface area contributed by atoms with Gasteiger partial charge >= 0.3 is 0 Å². The number of hydrazone groups is 1. The number of anilines is 1. The van der Waals surface area contributed by atoms with Crippen molar-refractivity contribution in [2.45, 2.75) is 39.5 Å². The number of aryl methyl sites for hydroxylation is 3. The van der Waals surface area contributed by atoms with Crippen molar-refractivity contribution >= 4 is 27.8 Å². The van der Waals surface area contributed by atoms with Gasteiger partial charge in [0.2, 0.25) is 0 Å². The number of carbonyl (C=O) groups is 1. The topological polar surface area (TPSA) is 88.1 Å². The molecule has 0 unspecified atom stereocenters. The highest BCUT2D eigenvalue weighted by molar-refractivity contribution is 7.92. The number of hydrogen-bond acceptors (Lipinski definition) is 5. The molecule has 1 N–H and O–H groups in total. The van der Waals surface area contributed by atoms with E-state index in [4.69, 9.17) is 4.74 Å². The molecule has 8 heteroatoms. The summed E-state index contributed by atoms with van der Waals surface area (Å²) in [6, 6.07) is 19.2. The zero-order valence-corrected chi connectivity index (χ0v) is 22.2. The fourth-order valence-electron chi connectivity index (χ4n) is 3.29. The monoisotopic (exact) mass is 507 g/mol. The van der Waals surface area contributed by atoms with E-state index >= 15 is 0 Å². The molecule has 3 rings (SSSR count). The van der Waals surface area contributed by atoms with E-state index in [0.717, 1.165) is 32.3 Å². The number of benzene rings is 3. The van der Waals surface area contributed by atoms with Crippen LogP contribution >= 0.6 is 0 Å². The number of amides is 1. The summed E-state index contributed by atoms with van der Waals surface area (Å²) in [5.74, 6) is 0.631. The van der Waals surface area contributed by atoms with Crippen LogP contribution in [0.2, 0.25) is 0 Å². The molecule has 1 amide bonds. The number of carbonyl (C=O) groups excluding carboxylic acids is 1. The van der Waals surface area contributed by atoms with E-state index in [1.165, 1.54) is 6.21 Å². The number of rotatable bonds is 10. The third kappa shape index (κ3) is 7.18. The van der Waals surface area contributed by atoms with E-state index in [0.29, 0.717) is 18.2 Å². The maximum Gasteiger partial charge on any atom is 0.264 e. The zero-order chi connectivity index (χ0) is 26.3. The average Bonchev–Trinajstić information content (AvgIpc) is 2.84. The van der Waals surface area contributed by atoms with Gasteiger partial charge < -0.3 is 4.74 Å². The molecule has 0 heterocycles. The van der Waals surface area contributed by atoms with Gasteiger partial charge in [-0.05, 0) is 91.9 Å². The van der Waals surface area contributed by atoms with Crippen molar-refractivity contribution in [1.29, 1.82) is 0 Å². The van der Waals surface area contributed by atoms with Gasteiger partial charge in [0.25, 0.3) is 15.9 Å². The Balaban J connectivity index is 1.76. The number of nitrogens with one attached hydrogen (secondary N) is 1. The van der Waals surface area contributed by atoms with Gasteiger partial charge in [-0.25, -0.2) is 13.8 Å². The minimum absolute atomic E-state index is 0.113. The quantitative estimate of drug-likeness (QED) is 0.309. The van der Waals surface area contributed by atoms with Crippen LogP contribution in [-0.4, -0.2) is 33.7 Å². The molecule has 0 saturated heterocycles. The maximum absolute atomic E-state index is 13.5. The van der Waals surface area contributed by atoms with Crippen molar-refractivity contribution in [3.8, 4) is 5.75 Å². The molecule has 0 aliphatic rings. The molecular formula is C28H33N3O4S. The zero-order valence-electron chi connectivity index (χ0n) is 21.4. The lowest BCUT2D eigenvalue weighted by molar-refractivity contribution is -0.119. The van der Waals surface area contributed by atoms with Crippen LogP contribution in [0.15, 0.2) is 76.7 Å². The molecule has 0 fully saturated rings. The van der Waals surface area contributed by atoms with Gasteiger partial charge in [-0.2, -0.15) is 5.10 Å². The first-order valence-electron chi connectivity index (χ1n) is 11.8. The molecule has 0 atom stereocenters.